The number of hydrogen-bond donors (Lipinski definition) is 2. The summed E-state index contributed by atoms with van der Waals surface area (Å²) in [6.45, 7) is 2.96. The lowest BCUT2D eigenvalue weighted by Gasteiger charge is -2.13. The van der Waals surface area contributed by atoms with Gasteiger partial charge in [-0.2, -0.15) is 0 Å². The van der Waals surface area contributed by atoms with Crippen molar-refractivity contribution in [3.8, 4) is 0 Å². The predicted molar refractivity (Wildman–Crippen MR) is 82.8 cm³/mol. The van der Waals surface area contributed by atoms with Crippen molar-refractivity contribution in [1.82, 2.24) is 15.3 Å². The Morgan fingerprint density at radius 1 is 1.25 bits per heavy atom. The van der Waals surface area contributed by atoms with Crippen LogP contribution in [0.25, 0.3) is 10.9 Å². The van der Waals surface area contributed by atoms with Gasteiger partial charge in [-0.15, -0.1) is 0 Å². The number of halogens is 1. The predicted octanol–water partition coefficient (Wildman–Crippen LogP) is 4.07. The van der Waals surface area contributed by atoms with E-state index in [9.17, 15) is 0 Å². The normalized spacial score (nSPS) is 12.7. The number of hydrogen-bond acceptors (Lipinski definition) is 2. The summed E-state index contributed by atoms with van der Waals surface area (Å²) in [6.07, 6.45) is 5.68. The third kappa shape index (κ3) is 2.69. The third-order valence-corrected chi connectivity index (χ3v) is 3.77. The average Bonchev–Trinajstić information content (AvgIpc) is 2.88. The number of rotatable bonds is 4. The lowest BCUT2D eigenvalue weighted by atomic mass is 10.1. The highest BCUT2D eigenvalue weighted by Gasteiger charge is 2.07. The first-order chi connectivity index (χ1) is 9.74. The number of benzene rings is 1. The van der Waals surface area contributed by atoms with E-state index in [0.29, 0.717) is 0 Å². The molecule has 3 aromatic rings. The largest absolute Gasteiger partial charge is 0.361 e. The molecule has 0 fully saturated rings. The first kappa shape index (κ1) is 13.2. The minimum absolute atomic E-state index is 0.287. The standard InChI is InChI=1S/C16H16ClN3/c1-11(12-4-6-18-7-5-12)19-9-13-10-20-16-8-14(17)2-3-15(13)16/h2-8,10-11,19-20H,9H2,1H3. The molecule has 0 aliphatic carbocycles. The Morgan fingerprint density at radius 2 is 2.05 bits per heavy atom. The topological polar surface area (TPSA) is 40.7 Å². The van der Waals surface area contributed by atoms with Crippen LogP contribution in [0.15, 0.2) is 48.9 Å². The molecule has 1 aromatic carbocycles. The van der Waals surface area contributed by atoms with Crippen molar-refractivity contribution in [2.24, 2.45) is 0 Å². The summed E-state index contributed by atoms with van der Waals surface area (Å²) in [4.78, 5) is 7.30. The van der Waals surface area contributed by atoms with Crippen LogP contribution in [0.4, 0.5) is 0 Å². The van der Waals surface area contributed by atoms with Crippen molar-refractivity contribution < 1.29 is 0 Å². The lowest BCUT2D eigenvalue weighted by molar-refractivity contribution is 0.576. The van der Waals surface area contributed by atoms with E-state index >= 15 is 0 Å². The molecule has 1 unspecified atom stereocenters. The van der Waals surface area contributed by atoms with Gasteiger partial charge in [-0.3, -0.25) is 4.98 Å². The molecule has 0 spiro atoms. The maximum absolute atomic E-state index is 5.99. The van der Waals surface area contributed by atoms with Crippen molar-refractivity contribution in [2.45, 2.75) is 19.5 Å². The van der Waals surface area contributed by atoms with Gasteiger partial charge in [0.1, 0.15) is 0 Å². The molecular weight excluding hydrogens is 270 g/mol. The summed E-state index contributed by atoms with van der Waals surface area (Å²) in [5.74, 6) is 0. The van der Waals surface area contributed by atoms with Crippen LogP contribution in [-0.4, -0.2) is 9.97 Å². The Balaban J connectivity index is 1.74. The summed E-state index contributed by atoms with van der Waals surface area (Å²) < 4.78 is 0. The first-order valence-corrected chi connectivity index (χ1v) is 7.00. The van der Waals surface area contributed by atoms with E-state index in [-0.39, 0.29) is 6.04 Å². The fourth-order valence-corrected chi connectivity index (χ4v) is 2.51. The van der Waals surface area contributed by atoms with Crippen LogP contribution in [0, 0.1) is 0 Å². The van der Waals surface area contributed by atoms with Gasteiger partial charge in [0.15, 0.2) is 0 Å². The number of aromatic amines is 1. The number of pyridine rings is 1. The molecule has 3 nitrogen and oxygen atoms in total. The van der Waals surface area contributed by atoms with Crippen molar-refractivity contribution in [3.63, 3.8) is 0 Å². The molecule has 0 aliphatic rings. The van der Waals surface area contributed by atoms with Gasteiger partial charge in [0.05, 0.1) is 0 Å². The molecule has 20 heavy (non-hydrogen) atoms. The highest BCUT2D eigenvalue weighted by atomic mass is 35.5. The number of H-pyrrole nitrogens is 1. The second-order valence-corrected chi connectivity index (χ2v) is 5.32. The van der Waals surface area contributed by atoms with Crippen molar-refractivity contribution in [2.75, 3.05) is 0 Å². The molecule has 0 amide bonds. The number of nitrogens with one attached hydrogen (secondary N) is 2. The minimum Gasteiger partial charge on any atom is -0.361 e. The monoisotopic (exact) mass is 285 g/mol. The molecule has 0 radical (unpaired) electrons. The minimum atomic E-state index is 0.287. The van der Waals surface area contributed by atoms with Crippen LogP contribution < -0.4 is 5.32 Å². The summed E-state index contributed by atoms with van der Waals surface area (Å²) in [5.41, 5.74) is 3.56. The number of fused-ring (bicyclic) bond motifs is 1. The third-order valence-electron chi connectivity index (χ3n) is 3.53. The fourth-order valence-electron chi connectivity index (χ4n) is 2.34. The van der Waals surface area contributed by atoms with Crippen LogP contribution in [0.5, 0.6) is 0 Å². The molecule has 0 bridgehead atoms. The summed E-state index contributed by atoms with van der Waals surface area (Å²) in [5, 5.41) is 5.49. The highest BCUT2D eigenvalue weighted by molar-refractivity contribution is 6.31. The summed E-state index contributed by atoms with van der Waals surface area (Å²) in [6, 6.07) is 10.3. The van der Waals surface area contributed by atoms with Crippen LogP contribution in [0.2, 0.25) is 5.02 Å². The Morgan fingerprint density at radius 3 is 2.85 bits per heavy atom. The van der Waals surface area contributed by atoms with Gasteiger partial charge in [0.2, 0.25) is 0 Å². The van der Waals surface area contributed by atoms with Crippen LogP contribution in [0.1, 0.15) is 24.1 Å². The van der Waals surface area contributed by atoms with E-state index in [4.69, 9.17) is 11.6 Å². The van der Waals surface area contributed by atoms with Gasteiger partial charge >= 0.3 is 0 Å². The Hall–Kier alpha value is -1.84. The maximum Gasteiger partial charge on any atom is 0.0472 e. The Labute approximate surface area is 123 Å². The quantitative estimate of drug-likeness (QED) is 0.759. The van der Waals surface area contributed by atoms with E-state index in [2.05, 4.69) is 28.3 Å². The van der Waals surface area contributed by atoms with Crippen molar-refractivity contribution in [1.29, 1.82) is 0 Å². The molecule has 3 rings (SSSR count). The van der Waals surface area contributed by atoms with Gasteiger partial charge in [-0.05, 0) is 42.3 Å². The molecular formula is C16H16ClN3. The second-order valence-electron chi connectivity index (χ2n) is 4.89. The first-order valence-electron chi connectivity index (χ1n) is 6.63. The van der Waals surface area contributed by atoms with E-state index in [1.54, 1.807) is 0 Å². The van der Waals surface area contributed by atoms with E-state index in [1.807, 2.05) is 42.9 Å². The fraction of sp³-hybridized carbons (Fsp3) is 0.188. The van der Waals surface area contributed by atoms with Crippen LogP contribution in [-0.2, 0) is 6.54 Å². The second kappa shape index (κ2) is 5.65. The van der Waals surface area contributed by atoms with Crippen molar-refractivity contribution in [3.05, 3.63) is 65.1 Å². The zero-order valence-electron chi connectivity index (χ0n) is 11.2. The molecule has 2 heterocycles. The Bertz CT molecular complexity index is 706. The van der Waals surface area contributed by atoms with Crippen LogP contribution >= 0.6 is 11.6 Å². The zero-order chi connectivity index (χ0) is 13.9. The highest BCUT2D eigenvalue weighted by Crippen LogP contribution is 2.22. The zero-order valence-corrected chi connectivity index (χ0v) is 12.0. The Kier molecular flexibility index (Phi) is 3.72. The van der Waals surface area contributed by atoms with E-state index in [0.717, 1.165) is 17.1 Å². The number of aromatic nitrogens is 2. The van der Waals surface area contributed by atoms with E-state index < -0.39 is 0 Å². The molecule has 102 valence electrons. The van der Waals surface area contributed by atoms with Gasteiger partial charge in [0.25, 0.3) is 0 Å². The molecule has 0 saturated carbocycles. The van der Waals surface area contributed by atoms with E-state index in [1.165, 1.54) is 16.5 Å². The smallest absolute Gasteiger partial charge is 0.0472 e. The molecule has 2 aromatic heterocycles. The summed E-state index contributed by atoms with van der Waals surface area (Å²) in [7, 11) is 0. The van der Waals surface area contributed by atoms with Gasteiger partial charge in [-0.25, -0.2) is 0 Å². The van der Waals surface area contributed by atoms with Crippen molar-refractivity contribution >= 4 is 22.5 Å². The molecule has 0 saturated heterocycles. The molecule has 1 atom stereocenters. The SMILES string of the molecule is CC(NCc1c[nH]c2cc(Cl)ccc12)c1ccncc1. The van der Waals surface area contributed by atoms with Gasteiger partial charge in [0, 0.05) is 47.1 Å². The van der Waals surface area contributed by atoms with Gasteiger partial charge < -0.3 is 10.3 Å². The maximum atomic E-state index is 5.99. The molecule has 4 heteroatoms. The van der Waals surface area contributed by atoms with Gasteiger partial charge in [-0.1, -0.05) is 17.7 Å². The summed E-state index contributed by atoms with van der Waals surface area (Å²) >= 11 is 5.99. The lowest BCUT2D eigenvalue weighted by Crippen LogP contribution is -2.17. The van der Waals surface area contributed by atoms with Crippen LogP contribution in [0.3, 0.4) is 0 Å². The molecule has 0 aliphatic heterocycles. The molecule has 2 N–H and O–H groups in total. The average molecular weight is 286 g/mol. The number of nitrogens with zero attached hydrogens (tertiary/aromatic N) is 1.